The first kappa shape index (κ1) is 18.4. The number of anilines is 2. The number of piperidine rings is 1. The molecule has 2 saturated heterocycles. The Balaban J connectivity index is 1.33. The molecule has 2 aliphatic heterocycles. The molecule has 2 N–H and O–H groups in total. The van der Waals surface area contributed by atoms with E-state index < -0.39 is 6.10 Å². The number of β-amino-alcohol motifs (C(OH)–C–C–N with tert-alkyl or cyclic N) is 1. The van der Waals surface area contributed by atoms with E-state index in [0.29, 0.717) is 18.9 Å². The van der Waals surface area contributed by atoms with E-state index in [0.717, 1.165) is 50.9 Å². The molecule has 0 bridgehead atoms. The van der Waals surface area contributed by atoms with Crippen molar-refractivity contribution in [1.29, 1.82) is 0 Å². The van der Waals surface area contributed by atoms with E-state index >= 15 is 0 Å². The molecule has 0 radical (unpaired) electrons. The summed E-state index contributed by atoms with van der Waals surface area (Å²) in [5.41, 5.74) is 0. The van der Waals surface area contributed by atoms with Crippen molar-refractivity contribution in [3.8, 4) is 0 Å². The lowest BCUT2D eigenvalue weighted by Gasteiger charge is -2.38. The first-order valence-corrected chi connectivity index (χ1v) is 10.2. The Morgan fingerprint density at radius 2 is 1.81 bits per heavy atom. The van der Waals surface area contributed by atoms with Gasteiger partial charge in [-0.25, -0.2) is 14.8 Å². The number of hydrogen-bond acceptors (Lipinski definition) is 6. The van der Waals surface area contributed by atoms with Crippen LogP contribution in [0.3, 0.4) is 0 Å². The van der Waals surface area contributed by atoms with Crippen molar-refractivity contribution < 1.29 is 9.90 Å². The molecular weight excluding hydrogens is 344 g/mol. The highest BCUT2D eigenvalue weighted by Gasteiger charge is 2.27. The van der Waals surface area contributed by atoms with Gasteiger partial charge in [-0.1, -0.05) is 12.8 Å². The second kappa shape index (κ2) is 8.39. The molecule has 1 atom stereocenters. The molecule has 1 saturated carbocycles. The van der Waals surface area contributed by atoms with E-state index in [1.807, 2.05) is 6.07 Å². The van der Waals surface area contributed by atoms with Crippen LogP contribution in [0.25, 0.3) is 0 Å². The molecule has 148 valence electrons. The van der Waals surface area contributed by atoms with Crippen molar-refractivity contribution in [3.63, 3.8) is 0 Å². The quantitative estimate of drug-likeness (QED) is 0.835. The van der Waals surface area contributed by atoms with Crippen molar-refractivity contribution in [3.05, 3.63) is 12.4 Å². The van der Waals surface area contributed by atoms with E-state index in [1.54, 1.807) is 4.90 Å². The minimum atomic E-state index is -0.429. The number of hydrogen-bond donors (Lipinski definition) is 2. The first-order valence-electron chi connectivity index (χ1n) is 10.2. The van der Waals surface area contributed by atoms with E-state index in [-0.39, 0.29) is 6.03 Å². The summed E-state index contributed by atoms with van der Waals surface area (Å²) in [6.45, 7) is 5.11. The van der Waals surface area contributed by atoms with E-state index in [9.17, 15) is 9.90 Å². The maximum Gasteiger partial charge on any atom is 0.323 e. The third-order valence-electron chi connectivity index (χ3n) is 6.05. The number of nitrogens with zero attached hydrogens (tertiary/aromatic N) is 5. The van der Waals surface area contributed by atoms with Gasteiger partial charge < -0.3 is 14.9 Å². The standard InChI is InChI=1S/C19H30N6O2/c26-16-6-3-7-25(13-16)19(27)22-17-12-18(21-14-20-17)24-10-8-23(9-11-24)15-4-1-2-5-15/h12,14-16,26H,1-11,13H2,(H,20,21,22,27). The van der Waals surface area contributed by atoms with Crippen LogP contribution in [0.5, 0.6) is 0 Å². The number of aliphatic hydroxyl groups excluding tert-OH is 1. The summed E-state index contributed by atoms with van der Waals surface area (Å²) in [6.07, 6.45) is 8.09. The number of rotatable bonds is 3. The predicted octanol–water partition coefficient (Wildman–Crippen LogP) is 1.53. The van der Waals surface area contributed by atoms with Gasteiger partial charge >= 0.3 is 6.03 Å². The number of aromatic nitrogens is 2. The third-order valence-corrected chi connectivity index (χ3v) is 6.05. The van der Waals surface area contributed by atoms with Crippen LogP contribution in [0, 0.1) is 0 Å². The van der Waals surface area contributed by atoms with Crippen LogP contribution in [-0.4, -0.2) is 82.3 Å². The number of carbonyl (C=O) groups excluding carboxylic acids is 1. The molecule has 8 nitrogen and oxygen atoms in total. The SMILES string of the molecule is O=C(Nc1cc(N2CCN(C3CCCC3)CC2)ncn1)N1CCCC(O)C1. The van der Waals surface area contributed by atoms with Gasteiger partial charge in [0.1, 0.15) is 18.0 Å². The van der Waals surface area contributed by atoms with Gasteiger partial charge in [-0.15, -0.1) is 0 Å². The average Bonchev–Trinajstić information content (AvgIpc) is 3.23. The second-order valence-electron chi connectivity index (χ2n) is 7.89. The number of aliphatic hydroxyl groups is 1. The highest BCUT2D eigenvalue weighted by Crippen LogP contribution is 2.25. The zero-order valence-electron chi connectivity index (χ0n) is 15.9. The molecule has 1 unspecified atom stereocenters. The van der Waals surface area contributed by atoms with Gasteiger partial charge in [0, 0.05) is 51.4 Å². The summed E-state index contributed by atoms with van der Waals surface area (Å²) < 4.78 is 0. The van der Waals surface area contributed by atoms with Crippen LogP contribution in [0.1, 0.15) is 38.5 Å². The molecule has 8 heteroatoms. The second-order valence-corrected chi connectivity index (χ2v) is 7.89. The smallest absolute Gasteiger partial charge is 0.323 e. The Bertz CT molecular complexity index is 643. The van der Waals surface area contributed by atoms with Crippen LogP contribution >= 0.6 is 0 Å². The Morgan fingerprint density at radius 1 is 1.04 bits per heavy atom. The topological polar surface area (TPSA) is 84.8 Å². The maximum absolute atomic E-state index is 12.4. The predicted molar refractivity (Wildman–Crippen MR) is 104 cm³/mol. The average molecular weight is 374 g/mol. The summed E-state index contributed by atoms with van der Waals surface area (Å²) in [6, 6.07) is 2.42. The maximum atomic E-state index is 12.4. The summed E-state index contributed by atoms with van der Waals surface area (Å²) in [4.78, 5) is 27.6. The lowest BCUT2D eigenvalue weighted by Crippen LogP contribution is -2.50. The minimum absolute atomic E-state index is 0.204. The molecular formula is C19H30N6O2. The van der Waals surface area contributed by atoms with Gasteiger partial charge in [-0.3, -0.25) is 10.2 Å². The Morgan fingerprint density at radius 3 is 2.56 bits per heavy atom. The molecule has 3 aliphatic rings. The molecule has 2 amide bonds. The summed E-state index contributed by atoms with van der Waals surface area (Å²) in [5.74, 6) is 1.38. The molecule has 1 aliphatic carbocycles. The molecule has 1 aromatic heterocycles. The number of nitrogens with one attached hydrogen (secondary N) is 1. The molecule has 3 heterocycles. The fraction of sp³-hybridized carbons (Fsp3) is 0.737. The van der Waals surface area contributed by atoms with Gasteiger partial charge in [0.05, 0.1) is 6.10 Å². The third kappa shape index (κ3) is 4.50. The van der Waals surface area contributed by atoms with Gasteiger partial charge in [0.25, 0.3) is 0 Å². The van der Waals surface area contributed by atoms with Crippen molar-refractivity contribution >= 4 is 17.7 Å². The Kier molecular flexibility index (Phi) is 5.73. The monoisotopic (exact) mass is 374 g/mol. The van der Waals surface area contributed by atoms with Crippen molar-refractivity contribution in [2.45, 2.75) is 50.7 Å². The van der Waals surface area contributed by atoms with Crippen molar-refractivity contribution in [2.24, 2.45) is 0 Å². The molecule has 0 spiro atoms. The summed E-state index contributed by atoms with van der Waals surface area (Å²) in [7, 11) is 0. The molecule has 1 aromatic rings. The van der Waals surface area contributed by atoms with E-state index in [2.05, 4.69) is 25.1 Å². The summed E-state index contributed by atoms with van der Waals surface area (Å²) in [5, 5.41) is 12.6. The van der Waals surface area contributed by atoms with E-state index in [1.165, 1.54) is 32.0 Å². The lowest BCUT2D eigenvalue weighted by atomic mass is 10.1. The molecule has 4 rings (SSSR count). The zero-order valence-corrected chi connectivity index (χ0v) is 15.9. The van der Waals surface area contributed by atoms with Crippen LogP contribution < -0.4 is 10.2 Å². The Hall–Kier alpha value is -1.93. The van der Waals surface area contributed by atoms with Crippen LogP contribution in [0.15, 0.2) is 12.4 Å². The molecule has 0 aromatic carbocycles. The summed E-state index contributed by atoms with van der Waals surface area (Å²) >= 11 is 0. The lowest BCUT2D eigenvalue weighted by molar-refractivity contribution is 0.0883. The van der Waals surface area contributed by atoms with Gasteiger partial charge in [-0.05, 0) is 25.7 Å². The van der Waals surface area contributed by atoms with Gasteiger partial charge in [0.2, 0.25) is 0 Å². The van der Waals surface area contributed by atoms with Gasteiger partial charge in [0.15, 0.2) is 0 Å². The minimum Gasteiger partial charge on any atom is -0.391 e. The largest absolute Gasteiger partial charge is 0.391 e. The fourth-order valence-electron chi connectivity index (χ4n) is 4.50. The normalized spacial score (nSPS) is 25.0. The highest BCUT2D eigenvalue weighted by atomic mass is 16.3. The van der Waals surface area contributed by atoms with Crippen molar-refractivity contribution in [2.75, 3.05) is 49.5 Å². The fourth-order valence-corrected chi connectivity index (χ4v) is 4.50. The van der Waals surface area contributed by atoms with Gasteiger partial charge in [-0.2, -0.15) is 0 Å². The first-order chi connectivity index (χ1) is 13.2. The zero-order chi connectivity index (χ0) is 18.6. The number of piperazine rings is 1. The van der Waals surface area contributed by atoms with Crippen molar-refractivity contribution in [1.82, 2.24) is 19.8 Å². The number of carbonyl (C=O) groups is 1. The van der Waals surface area contributed by atoms with Crippen LogP contribution in [0.4, 0.5) is 16.4 Å². The number of amides is 2. The van der Waals surface area contributed by atoms with Crippen LogP contribution in [0.2, 0.25) is 0 Å². The van der Waals surface area contributed by atoms with E-state index in [4.69, 9.17) is 0 Å². The number of urea groups is 1. The van der Waals surface area contributed by atoms with Crippen LogP contribution in [-0.2, 0) is 0 Å². The molecule has 27 heavy (non-hydrogen) atoms. The highest BCUT2D eigenvalue weighted by molar-refractivity contribution is 5.88. The Labute approximate surface area is 160 Å². The molecule has 3 fully saturated rings. The number of likely N-dealkylation sites (tertiary alicyclic amines) is 1.